The van der Waals surface area contributed by atoms with Crippen LogP contribution in [0, 0.1) is 0 Å². The third-order valence-electron chi connectivity index (χ3n) is 2.28. The van der Waals surface area contributed by atoms with Gasteiger partial charge in [-0.05, 0) is 12.5 Å². The summed E-state index contributed by atoms with van der Waals surface area (Å²) in [6.45, 7) is 0. The second-order valence-electron chi connectivity index (χ2n) is 3.85. The molecule has 0 amide bonds. The average Bonchev–Trinajstić information content (AvgIpc) is 2.23. The summed E-state index contributed by atoms with van der Waals surface area (Å²) in [6.07, 6.45) is -11.0. The quantitative estimate of drug-likeness (QED) is 0.836. The Morgan fingerprint density at radius 3 is 2.10 bits per heavy atom. The first-order valence-electron chi connectivity index (χ1n) is 5.25. The summed E-state index contributed by atoms with van der Waals surface area (Å²) < 4.78 is 76.2. The fourth-order valence-corrected chi connectivity index (χ4v) is 1.48. The highest BCUT2D eigenvalue weighted by Gasteiger charge is 2.33. The molecule has 116 valence electrons. The standard InChI is InChI=1S/C11H11F6NO.ClH/c12-10(13,14)6-5-8(18)7-3-1-2-4-9(7)19-11(15,16)17;/h1-4,8H,5-6,18H2;1H/t8-;/m0./s1. The van der Waals surface area contributed by atoms with Gasteiger partial charge in [-0.15, -0.1) is 25.6 Å². The molecule has 0 unspecified atom stereocenters. The van der Waals surface area contributed by atoms with Gasteiger partial charge in [-0.1, -0.05) is 18.2 Å². The molecule has 0 aromatic heterocycles. The minimum absolute atomic E-state index is 0. The van der Waals surface area contributed by atoms with Gasteiger partial charge in [0.15, 0.2) is 0 Å². The number of para-hydroxylation sites is 1. The third-order valence-corrected chi connectivity index (χ3v) is 2.28. The van der Waals surface area contributed by atoms with E-state index in [0.717, 1.165) is 6.07 Å². The van der Waals surface area contributed by atoms with Gasteiger partial charge in [-0.2, -0.15) is 13.2 Å². The van der Waals surface area contributed by atoms with E-state index in [-0.39, 0.29) is 18.0 Å². The second kappa shape index (κ2) is 7.03. The number of nitrogens with two attached hydrogens (primary N) is 1. The van der Waals surface area contributed by atoms with Crippen LogP contribution in [0.4, 0.5) is 26.3 Å². The van der Waals surface area contributed by atoms with Gasteiger partial charge in [0.25, 0.3) is 0 Å². The highest BCUT2D eigenvalue weighted by molar-refractivity contribution is 5.85. The summed E-state index contributed by atoms with van der Waals surface area (Å²) in [5, 5.41) is 0. The molecule has 9 heteroatoms. The van der Waals surface area contributed by atoms with Crippen molar-refractivity contribution in [3.8, 4) is 5.75 Å². The number of halogens is 7. The topological polar surface area (TPSA) is 35.2 Å². The lowest BCUT2D eigenvalue weighted by molar-refractivity contribution is -0.275. The first-order valence-corrected chi connectivity index (χ1v) is 5.25. The fraction of sp³-hybridized carbons (Fsp3) is 0.455. The van der Waals surface area contributed by atoms with Crippen LogP contribution in [0.1, 0.15) is 24.4 Å². The number of ether oxygens (including phenoxy) is 1. The van der Waals surface area contributed by atoms with Crippen molar-refractivity contribution in [1.29, 1.82) is 0 Å². The van der Waals surface area contributed by atoms with Crippen LogP contribution in [0.2, 0.25) is 0 Å². The molecule has 0 radical (unpaired) electrons. The van der Waals surface area contributed by atoms with E-state index in [1.807, 2.05) is 0 Å². The predicted molar refractivity (Wildman–Crippen MR) is 62.6 cm³/mol. The van der Waals surface area contributed by atoms with Gasteiger partial charge >= 0.3 is 12.5 Å². The zero-order chi connectivity index (χ0) is 14.7. The summed E-state index contributed by atoms with van der Waals surface area (Å²) in [5.41, 5.74) is 5.37. The van der Waals surface area contributed by atoms with Gasteiger partial charge in [0.1, 0.15) is 5.75 Å². The van der Waals surface area contributed by atoms with Crippen molar-refractivity contribution in [3.05, 3.63) is 29.8 Å². The van der Waals surface area contributed by atoms with E-state index in [1.165, 1.54) is 18.2 Å². The van der Waals surface area contributed by atoms with Gasteiger partial charge in [0.2, 0.25) is 0 Å². The molecule has 0 bridgehead atoms. The summed E-state index contributed by atoms with van der Waals surface area (Å²) in [7, 11) is 0. The minimum atomic E-state index is -4.92. The molecule has 0 saturated carbocycles. The van der Waals surface area contributed by atoms with Crippen molar-refractivity contribution in [1.82, 2.24) is 0 Å². The Bertz CT molecular complexity index is 420. The molecule has 0 saturated heterocycles. The first kappa shape index (κ1) is 18.9. The van der Waals surface area contributed by atoms with Crippen LogP contribution in [0.15, 0.2) is 24.3 Å². The monoisotopic (exact) mass is 323 g/mol. The predicted octanol–water partition coefficient (Wildman–Crippen LogP) is 4.35. The maximum absolute atomic E-state index is 12.1. The van der Waals surface area contributed by atoms with Gasteiger partial charge in [0, 0.05) is 18.0 Å². The van der Waals surface area contributed by atoms with Crippen LogP contribution in [-0.4, -0.2) is 12.5 Å². The molecular weight excluding hydrogens is 312 g/mol. The molecule has 0 aliphatic carbocycles. The van der Waals surface area contributed by atoms with Gasteiger partial charge in [-0.3, -0.25) is 0 Å². The van der Waals surface area contributed by atoms with E-state index in [4.69, 9.17) is 5.73 Å². The zero-order valence-electron chi connectivity index (χ0n) is 9.96. The highest BCUT2D eigenvalue weighted by Crippen LogP contribution is 2.33. The van der Waals surface area contributed by atoms with Gasteiger partial charge in [0.05, 0.1) is 0 Å². The Morgan fingerprint density at radius 1 is 1.05 bits per heavy atom. The molecule has 1 aromatic carbocycles. The maximum atomic E-state index is 12.1. The minimum Gasteiger partial charge on any atom is -0.405 e. The van der Waals surface area contributed by atoms with E-state index in [9.17, 15) is 26.3 Å². The number of alkyl halides is 6. The summed E-state index contributed by atoms with van der Waals surface area (Å²) in [6, 6.07) is 3.70. The van der Waals surface area contributed by atoms with Crippen LogP contribution in [0.3, 0.4) is 0 Å². The lowest BCUT2D eigenvalue weighted by Crippen LogP contribution is -2.21. The van der Waals surface area contributed by atoms with E-state index in [1.54, 1.807) is 0 Å². The summed E-state index contributed by atoms with van der Waals surface area (Å²) in [4.78, 5) is 0. The van der Waals surface area contributed by atoms with E-state index < -0.39 is 37.2 Å². The molecule has 0 aliphatic rings. The SMILES string of the molecule is Cl.N[C@@H](CCC(F)(F)F)c1ccccc1OC(F)(F)F. The molecule has 2 nitrogen and oxygen atoms in total. The lowest BCUT2D eigenvalue weighted by Gasteiger charge is -2.18. The molecule has 1 atom stereocenters. The molecule has 1 aromatic rings. The average molecular weight is 324 g/mol. The van der Waals surface area contributed by atoms with Crippen molar-refractivity contribution >= 4 is 12.4 Å². The first-order chi connectivity index (χ1) is 8.58. The van der Waals surface area contributed by atoms with E-state index in [2.05, 4.69) is 4.74 Å². The Morgan fingerprint density at radius 2 is 1.60 bits per heavy atom. The number of benzene rings is 1. The molecule has 20 heavy (non-hydrogen) atoms. The third kappa shape index (κ3) is 6.85. The summed E-state index contributed by atoms with van der Waals surface area (Å²) in [5.74, 6) is -0.579. The molecule has 2 N–H and O–H groups in total. The Labute approximate surface area is 117 Å². The molecule has 0 spiro atoms. The smallest absolute Gasteiger partial charge is 0.405 e. The van der Waals surface area contributed by atoms with Crippen molar-refractivity contribution < 1.29 is 31.1 Å². The number of hydrogen-bond acceptors (Lipinski definition) is 2. The lowest BCUT2D eigenvalue weighted by atomic mass is 10.0. The number of rotatable bonds is 4. The van der Waals surface area contributed by atoms with Crippen molar-refractivity contribution in [2.45, 2.75) is 31.4 Å². The molecular formula is C11H12ClF6NO. The van der Waals surface area contributed by atoms with Crippen molar-refractivity contribution in [2.75, 3.05) is 0 Å². The van der Waals surface area contributed by atoms with Crippen LogP contribution < -0.4 is 10.5 Å². The fourth-order valence-electron chi connectivity index (χ4n) is 1.48. The van der Waals surface area contributed by atoms with Crippen LogP contribution in [0.5, 0.6) is 5.75 Å². The molecule has 0 fully saturated rings. The zero-order valence-corrected chi connectivity index (χ0v) is 10.8. The van der Waals surface area contributed by atoms with Gasteiger partial charge in [-0.25, -0.2) is 0 Å². The Hall–Kier alpha value is -1.15. The van der Waals surface area contributed by atoms with Crippen LogP contribution in [0.25, 0.3) is 0 Å². The Kier molecular flexibility index (Phi) is 6.63. The van der Waals surface area contributed by atoms with Crippen molar-refractivity contribution in [2.24, 2.45) is 5.73 Å². The number of hydrogen-bond donors (Lipinski definition) is 1. The second-order valence-corrected chi connectivity index (χ2v) is 3.85. The van der Waals surface area contributed by atoms with E-state index >= 15 is 0 Å². The van der Waals surface area contributed by atoms with Crippen LogP contribution in [-0.2, 0) is 0 Å². The van der Waals surface area contributed by atoms with Crippen molar-refractivity contribution in [3.63, 3.8) is 0 Å². The normalized spacial score (nSPS) is 13.6. The molecule has 0 aliphatic heterocycles. The summed E-state index contributed by atoms with van der Waals surface area (Å²) >= 11 is 0. The molecule has 1 rings (SSSR count). The van der Waals surface area contributed by atoms with Gasteiger partial charge < -0.3 is 10.5 Å². The largest absolute Gasteiger partial charge is 0.573 e. The van der Waals surface area contributed by atoms with E-state index in [0.29, 0.717) is 0 Å². The highest BCUT2D eigenvalue weighted by atomic mass is 35.5. The Balaban J connectivity index is 0.00000361. The maximum Gasteiger partial charge on any atom is 0.573 e. The van der Waals surface area contributed by atoms with Crippen LogP contribution >= 0.6 is 12.4 Å². The molecule has 0 heterocycles.